The molecule has 2 aromatic heterocycles. The Morgan fingerprint density at radius 1 is 1.45 bits per heavy atom. The van der Waals surface area contributed by atoms with Gasteiger partial charge in [-0.05, 0) is 36.2 Å². The number of nitriles is 1. The standard InChI is InChI=1S/C16H20N4OS/c1-12-14(8-15(9-17)20(12)2)10-19-16-7-13(3-4-18-16)11-22-6-5-21/h3-4,7-8,21H,5-6,10-11H2,1-2H3,(H,18,19). The molecule has 0 aliphatic heterocycles. The first-order valence-electron chi connectivity index (χ1n) is 7.08. The van der Waals surface area contributed by atoms with Gasteiger partial charge in [0.25, 0.3) is 0 Å². The fraction of sp³-hybridized carbons (Fsp3) is 0.375. The molecule has 0 aliphatic rings. The zero-order valence-electron chi connectivity index (χ0n) is 12.8. The second kappa shape index (κ2) is 7.87. The maximum absolute atomic E-state index is 9.06. The SMILES string of the molecule is Cc1c(CNc2cc(CSCCO)ccn2)cc(C#N)n1C. The van der Waals surface area contributed by atoms with Crippen molar-refractivity contribution in [2.75, 3.05) is 17.7 Å². The van der Waals surface area contributed by atoms with Gasteiger partial charge in [0.05, 0.1) is 6.61 Å². The molecule has 0 saturated heterocycles. The average molecular weight is 316 g/mol. The number of rotatable bonds is 7. The summed E-state index contributed by atoms with van der Waals surface area (Å²) >= 11 is 1.70. The van der Waals surface area contributed by atoms with Gasteiger partial charge in [0.15, 0.2) is 0 Å². The summed E-state index contributed by atoms with van der Waals surface area (Å²) in [5, 5.41) is 21.2. The molecule has 0 saturated carbocycles. The number of thioether (sulfide) groups is 1. The maximum Gasteiger partial charge on any atom is 0.126 e. The van der Waals surface area contributed by atoms with Gasteiger partial charge in [-0.1, -0.05) is 0 Å². The number of pyridine rings is 1. The van der Waals surface area contributed by atoms with Crippen LogP contribution in [0.25, 0.3) is 0 Å². The lowest BCUT2D eigenvalue weighted by atomic mass is 10.2. The van der Waals surface area contributed by atoms with Gasteiger partial charge in [-0.25, -0.2) is 4.98 Å². The molecule has 0 spiro atoms. The van der Waals surface area contributed by atoms with Crippen LogP contribution < -0.4 is 5.32 Å². The van der Waals surface area contributed by atoms with Gasteiger partial charge in [0.1, 0.15) is 17.6 Å². The van der Waals surface area contributed by atoms with Crippen LogP contribution in [-0.4, -0.2) is 27.0 Å². The molecule has 0 unspecified atom stereocenters. The molecule has 0 atom stereocenters. The van der Waals surface area contributed by atoms with Crippen molar-refractivity contribution in [1.82, 2.24) is 9.55 Å². The van der Waals surface area contributed by atoms with E-state index in [2.05, 4.69) is 16.4 Å². The van der Waals surface area contributed by atoms with Gasteiger partial charge in [0.2, 0.25) is 0 Å². The van der Waals surface area contributed by atoms with Crippen molar-refractivity contribution >= 4 is 17.6 Å². The molecule has 0 bridgehead atoms. The number of anilines is 1. The Bertz CT molecular complexity index is 675. The Morgan fingerprint density at radius 3 is 2.95 bits per heavy atom. The quantitative estimate of drug-likeness (QED) is 0.768. The Morgan fingerprint density at radius 2 is 2.27 bits per heavy atom. The Kier molecular flexibility index (Phi) is 5.87. The number of hydrogen-bond acceptors (Lipinski definition) is 5. The van der Waals surface area contributed by atoms with Crippen molar-refractivity contribution in [2.45, 2.75) is 19.2 Å². The van der Waals surface area contributed by atoms with Gasteiger partial charge in [-0.2, -0.15) is 17.0 Å². The van der Waals surface area contributed by atoms with Crippen molar-refractivity contribution < 1.29 is 5.11 Å². The number of aromatic nitrogens is 2. The van der Waals surface area contributed by atoms with Crippen LogP contribution in [0, 0.1) is 18.3 Å². The van der Waals surface area contributed by atoms with Crippen molar-refractivity contribution in [3.63, 3.8) is 0 Å². The third-order valence-electron chi connectivity index (χ3n) is 3.54. The van der Waals surface area contributed by atoms with Crippen LogP contribution in [0.3, 0.4) is 0 Å². The van der Waals surface area contributed by atoms with Crippen LogP contribution in [-0.2, 0) is 19.3 Å². The van der Waals surface area contributed by atoms with E-state index in [1.807, 2.05) is 36.7 Å². The Hall–Kier alpha value is -1.97. The summed E-state index contributed by atoms with van der Waals surface area (Å²) in [5.41, 5.74) is 4.02. The van der Waals surface area contributed by atoms with Gasteiger partial charge < -0.3 is 15.0 Å². The smallest absolute Gasteiger partial charge is 0.126 e. The lowest BCUT2D eigenvalue weighted by molar-refractivity contribution is 0.322. The minimum Gasteiger partial charge on any atom is -0.396 e. The number of hydrogen-bond donors (Lipinski definition) is 2. The van der Waals surface area contributed by atoms with Crippen molar-refractivity contribution in [2.24, 2.45) is 7.05 Å². The first-order chi connectivity index (χ1) is 10.7. The first-order valence-corrected chi connectivity index (χ1v) is 8.24. The molecule has 2 N–H and O–H groups in total. The Balaban J connectivity index is 2.00. The van der Waals surface area contributed by atoms with Crippen molar-refractivity contribution in [1.29, 1.82) is 5.26 Å². The first kappa shape index (κ1) is 16.4. The van der Waals surface area contributed by atoms with E-state index >= 15 is 0 Å². The maximum atomic E-state index is 9.06. The average Bonchev–Trinajstić information content (AvgIpc) is 2.81. The summed E-state index contributed by atoms with van der Waals surface area (Å²) in [7, 11) is 1.90. The fourth-order valence-corrected chi connectivity index (χ4v) is 2.84. The van der Waals surface area contributed by atoms with Crippen LogP contribution in [0.15, 0.2) is 24.4 Å². The minimum atomic E-state index is 0.204. The normalized spacial score (nSPS) is 10.5. The zero-order valence-corrected chi connectivity index (χ0v) is 13.7. The number of nitrogens with one attached hydrogen (secondary N) is 1. The highest BCUT2D eigenvalue weighted by Crippen LogP contribution is 2.17. The summed E-state index contributed by atoms with van der Waals surface area (Å²) < 4.78 is 1.90. The third kappa shape index (κ3) is 4.03. The van der Waals surface area contributed by atoms with E-state index in [4.69, 9.17) is 10.4 Å². The molecule has 6 heteroatoms. The van der Waals surface area contributed by atoms with Crippen LogP contribution in [0.5, 0.6) is 0 Å². The number of aliphatic hydroxyl groups excluding tert-OH is 1. The Labute approximate surface area is 135 Å². The summed E-state index contributed by atoms with van der Waals surface area (Å²) in [6.07, 6.45) is 1.79. The second-order valence-electron chi connectivity index (χ2n) is 4.99. The highest BCUT2D eigenvalue weighted by Gasteiger charge is 2.08. The van der Waals surface area contributed by atoms with E-state index in [1.54, 1.807) is 18.0 Å². The van der Waals surface area contributed by atoms with Gasteiger partial charge in [-0.15, -0.1) is 0 Å². The van der Waals surface area contributed by atoms with Crippen LogP contribution in [0.4, 0.5) is 5.82 Å². The number of nitrogens with zero attached hydrogens (tertiary/aromatic N) is 3. The molecular weight excluding hydrogens is 296 g/mol. The highest BCUT2D eigenvalue weighted by molar-refractivity contribution is 7.98. The molecule has 0 fully saturated rings. The largest absolute Gasteiger partial charge is 0.396 e. The molecule has 0 aromatic carbocycles. The summed E-state index contributed by atoms with van der Waals surface area (Å²) in [6.45, 7) is 2.85. The molecule has 116 valence electrons. The van der Waals surface area contributed by atoms with E-state index in [9.17, 15) is 0 Å². The molecule has 2 heterocycles. The zero-order chi connectivity index (χ0) is 15.9. The van der Waals surface area contributed by atoms with E-state index in [0.717, 1.165) is 28.6 Å². The lowest BCUT2D eigenvalue weighted by Gasteiger charge is -2.08. The molecule has 0 radical (unpaired) electrons. The second-order valence-corrected chi connectivity index (χ2v) is 6.10. The molecule has 0 amide bonds. The fourth-order valence-electron chi connectivity index (χ4n) is 2.15. The molecule has 0 aliphatic carbocycles. The molecular formula is C16H20N4OS. The van der Waals surface area contributed by atoms with E-state index in [0.29, 0.717) is 12.2 Å². The topological polar surface area (TPSA) is 73.9 Å². The van der Waals surface area contributed by atoms with Crippen LogP contribution in [0.1, 0.15) is 22.5 Å². The summed E-state index contributed by atoms with van der Waals surface area (Å²) in [4.78, 5) is 4.32. The van der Waals surface area contributed by atoms with Crippen molar-refractivity contribution in [3.8, 4) is 6.07 Å². The van der Waals surface area contributed by atoms with Crippen molar-refractivity contribution in [3.05, 3.63) is 46.9 Å². The van der Waals surface area contributed by atoms with Gasteiger partial charge in [-0.3, -0.25) is 0 Å². The van der Waals surface area contributed by atoms with E-state index in [-0.39, 0.29) is 6.61 Å². The summed E-state index contributed by atoms with van der Waals surface area (Å²) in [6, 6.07) is 8.10. The molecule has 2 aromatic rings. The third-order valence-corrected chi connectivity index (χ3v) is 4.55. The van der Waals surface area contributed by atoms with Crippen LogP contribution >= 0.6 is 11.8 Å². The predicted octanol–water partition coefficient (Wildman–Crippen LogP) is 2.44. The van der Waals surface area contributed by atoms with Crippen LogP contribution in [0.2, 0.25) is 0 Å². The molecule has 2 rings (SSSR count). The van der Waals surface area contributed by atoms with E-state index in [1.165, 1.54) is 5.56 Å². The predicted molar refractivity (Wildman–Crippen MR) is 89.7 cm³/mol. The van der Waals surface area contributed by atoms with Gasteiger partial charge >= 0.3 is 0 Å². The molecule has 22 heavy (non-hydrogen) atoms. The summed E-state index contributed by atoms with van der Waals surface area (Å²) in [5.74, 6) is 2.43. The van der Waals surface area contributed by atoms with E-state index < -0.39 is 0 Å². The lowest BCUT2D eigenvalue weighted by Crippen LogP contribution is -2.03. The monoisotopic (exact) mass is 316 g/mol. The minimum absolute atomic E-state index is 0.204. The highest BCUT2D eigenvalue weighted by atomic mass is 32.2. The number of aliphatic hydroxyl groups is 1. The molecule has 5 nitrogen and oxygen atoms in total. The van der Waals surface area contributed by atoms with Gasteiger partial charge in [0, 0.05) is 37.0 Å².